The van der Waals surface area contributed by atoms with Crippen LogP contribution in [0, 0.1) is 0 Å². The first kappa shape index (κ1) is 16.8. The molecule has 2 aliphatic rings. The fourth-order valence-corrected chi connectivity index (χ4v) is 3.20. The first-order valence-corrected chi connectivity index (χ1v) is 6.95. The van der Waals surface area contributed by atoms with Crippen molar-refractivity contribution in [3.05, 3.63) is 35.4 Å². The molecule has 1 aromatic carbocycles. The minimum Gasteiger partial charge on any atom is -0.317 e. The van der Waals surface area contributed by atoms with Crippen molar-refractivity contribution in [1.29, 1.82) is 0 Å². The van der Waals surface area contributed by atoms with Crippen molar-refractivity contribution in [3.63, 3.8) is 0 Å². The molecule has 3 rings (SSSR count). The summed E-state index contributed by atoms with van der Waals surface area (Å²) in [5.74, 6) is 0. The standard InChI is InChI=1S/C15H22N2.2ClH/c1-2-5-14-12-17(11-8-13(14)4-1)15-6-3-9-16-10-7-15;;/h1-2,4-5,15-16H,3,6-12H2;2*1H. The fraction of sp³-hybridized carbons (Fsp3) is 0.600. The Bertz CT molecular complexity index is 376. The molecular formula is C15H24Cl2N2. The van der Waals surface area contributed by atoms with Crippen molar-refractivity contribution in [2.24, 2.45) is 0 Å². The van der Waals surface area contributed by atoms with Gasteiger partial charge in [-0.15, -0.1) is 24.8 Å². The van der Waals surface area contributed by atoms with Crippen LogP contribution in [0.4, 0.5) is 0 Å². The number of benzene rings is 1. The van der Waals surface area contributed by atoms with Crippen LogP contribution in [0.5, 0.6) is 0 Å². The number of nitrogens with zero attached hydrogens (tertiary/aromatic N) is 1. The van der Waals surface area contributed by atoms with Gasteiger partial charge >= 0.3 is 0 Å². The van der Waals surface area contributed by atoms with Crippen molar-refractivity contribution in [2.75, 3.05) is 19.6 Å². The lowest BCUT2D eigenvalue weighted by atomic mass is 9.97. The second-order valence-corrected chi connectivity index (χ2v) is 5.32. The van der Waals surface area contributed by atoms with Crippen LogP contribution in [0.3, 0.4) is 0 Å². The van der Waals surface area contributed by atoms with Gasteiger partial charge in [-0.1, -0.05) is 24.3 Å². The quantitative estimate of drug-likeness (QED) is 0.858. The topological polar surface area (TPSA) is 15.3 Å². The van der Waals surface area contributed by atoms with Crippen LogP contribution in [0.2, 0.25) is 0 Å². The first-order valence-electron chi connectivity index (χ1n) is 6.95. The summed E-state index contributed by atoms with van der Waals surface area (Å²) >= 11 is 0. The normalized spacial score (nSPS) is 23.5. The average molecular weight is 303 g/mol. The summed E-state index contributed by atoms with van der Waals surface area (Å²) in [6.07, 6.45) is 5.26. The molecule has 1 unspecified atom stereocenters. The zero-order valence-corrected chi connectivity index (χ0v) is 12.9. The maximum atomic E-state index is 3.51. The zero-order chi connectivity index (χ0) is 11.5. The van der Waals surface area contributed by atoms with Gasteiger partial charge in [0.05, 0.1) is 0 Å². The van der Waals surface area contributed by atoms with Gasteiger partial charge in [-0.05, 0) is 49.9 Å². The predicted molar refractivity (Wildman–Crippen MR) is 85.6 cm³/mol. The van der Waals surface area contributed by atoms with E-state index >= 15 is 0 Å². The van der Waals surface area contributed by atoms with Crippen molar-refractivity contribution in [3.8, 4) is 0 Å². The molecule has 0 spiro atoms. The van der Waals surface area contributed by atoms with Crippen LogP contribution in [0.1, 0.15) is 30.4 Å². The Balaban J connectivity index is 0.000000902. The summed E-state index contributed by atoms with van der Waals surface area (Å²) in [6.45, 7) is 4.83. The zero-order valence-electron chi connectivity index (χ0n) is 11.3. The van der Waals surface area contributed by atoms with Gasteiger partial charge in [-0.3, -0.25) is 4.90 Å². The fourth-order valence-electron chi connectivity index (χ4n) is 3.20. The summed E-state index contributed by atoms with van der Waals surface area (Å²) < 4.78 is 0. The number of halogens is 2. The second-order valence-electron chi connectivity index (χ2n) is 5.32. The molecule has 0 bridgehead atoms. The molecule has 1 fully saturated rings. The molecule has 2 nitrogen and oxygen atoms in total. The molecule has 1 aromatic rings. The van der Waals surface area contributed by atoms with E-state index in [1.54, 1.807) is 11.1 Å². The molecule has 2 heterocycles. The highest BCUT2D eigenvalue weighted by Crippen LogP contribution is 2.23. The molecule has 0 radical (unpaired) electrons. The Kier molecular flexibility index (Phi) is 7.16. The maximum absolute atomic E-state index is 3.51. The van der Waals surface area contributed by atoms with Crippen LogP contribution in [0.15, 0.2) is 24.3 Å². The maximum Gasteiger partial charge on any atom is 0.0239 e. The molecule has 108 valence electrons. The summed E-state index contributed by atoms with van der Waals surface area (Å²) in [7, 11) is 0. The molecule has 1 N–H and O–H groups in total. The van der Waals surface area contributed by atoms with Gasteiger partial charge in [-0.2, -0.15) is 0 Å². The van der Waals surface area contributed by atoms with Crippen molar-refractivity contribution in [2.45, 2.75) is 38.3 Å². The molecule has 0 saturated carbocycles. The Labute approximate surface area is 128 Å². The summed E-state index contributed by atoms with van der Waals surface area (Å²) in [5, 5.41) is 3.51. The van der Waals surface area contributed by atoms with Crippen LogP contribution >= 0.6 is 24.8 Å². The smallest absolute Gasteiger partial charge is 0.0239 e. The Morgan fingerprint density at radius 3 is 2.63 bits per heavy atom. The molecule has 1 atom stereocenters. The number of rotatable bonds is 1. The number of fused-ring (bicyclic) bond motifs is 1. The summed E-state index contributed by atoms with van der Waals surface area (Å²) in [6, 6.07) is 9.75. The Hall–Kier alpha value is -0.280. The van der Waals surface area contributed by atoms with E-state index in [4.69, 9.17) is 0 Å². The summed E-state index contributed by atoms with van der Waals surface area (Å²) in [4.78, 5) is 2.70. The highest BCUT2D eigenvalue weighted by molar-refractivity contribution is 5.85. The van der Waals surface area contributed by atoms with Gasteiger partial charge in [-0.25, -0.2) is 0 Å². The van der Waals surface area contributed by atoms with Crippen molar-refractivity contribution in [1.82, 2.24) is 10.2 Å². The highest BCUT2D eigenvalue weighted by Gasteiger charge is 2.23. The summed E-state index contributed by atoms with van der Waals surface area (Å²) in [5.41, 5.74) is 3.12. The van der Waals surface area contributed by atoms with Crippen molar-refractivity contribution < 1.29 is 0 Å². The largest absolute Gasteiger partial charge is 0.317 e. The minimum atomic E-state index is 0. The lowest BCUT2D eigenvalue weighted by Crippen LogP contribution is -2.39. The predicted octanol–water partition coefficient (Wildman–Crippen LogP) is 3.03. The van der Waals surface area contributed by atoms with Crippen LogP contribution < -0.4 is 5.32 Å². The number of nitrogens with one attached hydrogen (secondary N) is 1. The third-order valence-corrected chi connectivity index (χ3v) is 4.22. The lowest BCUT2D eigenvalue weighted by Gasteiger charge is -2.35. The third-order valence-electron chi connectivity index (χ3n) is 4.22. The van der Waals surface area contributed by atoms with Gasteiger partial charge in [0.2, 0.25) is 0 Å². The average Bonchev–Trinajstić information content (AvgIpc) is 2.67. The van der Waals surface area contributed by atoms with Gasteiger partial charge in [0.25, 0.3) is 0 Å². The van der Waals surface area contributed by atoms with Gasteiger partial charge < -0.3 is 5.32 Å². The van der Waals surface area contributed by atoms with E-state index < -0.39 is 0 Å². The molecule has 19 heavy (non-hydrogen) atoms. The third kappa shape index (κ3) is 4.09. The van der Waals surface area contributed by atoms with Gasteiger partial charge in [0.15, 0.2) is 0 Å². The molecular weight excluding hydrogens is 279 g/mol. The van der Waals surface area contributed by atoms with Crippen LogP contribution in [-0.4, -0.2) is 30.6 Å². The van der Waals surface area contributed by atoms with E-state index in [2.05, 4.69) is 34.5 Å². The van der Waals surface area contributed by atoms with Gasteiger partial charge in [0.1, 0.15) is 0 Å². The lowest BCUT2D eigenvalue weighted by molar-refractivity contribution is 0.165. The van der Waals surface area contributed by atoms with E-state index in [-0.39, 0.29) is 24.8 Å². The molecule has 2 aliphatic heterocycles. The molecule has 0 aliphatic carbocycles. The van der Waals surface area contributed by atoms with E-state index in [9.17, 15) is 0 Å². The molecule has 4 heteroatoms. The monoisotopic (exact) mass is 302 g/mol. The van der Waals surface area contributed by atoms with Crippen LogP contribution in [-0.2, 0) is 13.0 Å². The van der Waals surface area contributed by atoms with E-state index in [0.29, 0.717) is 0 Å². The van der Waals surface area contributed by atoms with Crippen molar-refractivity contribution >= 4 is 24.8 Å². The number of hydrogen-bond acceptors (Lipinski definition) is 2. The van der Waals surface area contributed by atoms with E-state index in [0.717, 1.165) is 6.04 Å². The molecule has 0 aromatic heterocycles. The molecule has 0 amide bonds. The van der Waals surface area contributed by atoms with Crippen LogP contribution in [0.25, 0.3) is 0 Å². The van der Waals surface area contributed by atoms with E-state index in [1.165, 1.54) is 51.9 Å². The highest BCUT2D eigenvalue weighted by atomic mass is 35.5. The Morgan fingerprint density at radius 1 is 1.00 bits per heavy atom. The Morgan fingerprint density at radius 2 is 1.79 bits per heavy atom. The second kappa shape index (κ2) is 8.11. The van der Waals surface area contributed by atoms with Gasteiger partial charge in [0, 0.05) is 19.1 Å². The first-order chi connectivity index (χ1) is 8.43. The SMILES string of the molecule is Cl.Cl.c1ccc2c(c1)CCN(C1CCCNCC1)C2. The molecule has 1 saturated heterocycles. The minimum absolute atomic E-state index is 0. The van der Waals surface area contributed by atoms with E-state index in [1.807, 2.05) is 0 Å². The number of hydrogen-bond donors (Lipinski definition) is 1.